The van der Waals surface area contributed by atoms with Gasteiger partial charge in [0.2, 0.25) is 5.95 Å². The Morgan fingerprint density at radius 2 is 1.75 bits per heavy atom. The molecule has 0 bridgehead atoms. The molecule has 0 atom stereocenters. The number of aromatic nitrogens is 5. The van der Waals surface area contributed by atoms with Gasteiger partial charge in [0.15, 0.2) is 5.65 Å². The molecule has 0 saturated carbocycles. The molecule has 5 rings (SSSR count). The molecular formula is C28H32F2N8O2. The molecule has 10 nitrogen and oxygen atoms in total. The zero-order valence-corrected chi connectivity index (χ0v) is 22.7. The van der Waals surface area contributed by atoms with Crippen LogP contribution in [0, 0.1) is 0 Å². The summed E-state index contributed by atoms with van der Waals surface area (Å²) in [5, 5.41) is 3.38. The minimum atomic E-state index is -2.99. The van der Waals surface area contributed by atoms with Crippen molar-refractivity contribution in [2.45, 2.75) is 32.9 Å². The quantitative estimate of drug-likeness (QED) is 0.332. The average Bonchev–Trinajstić information content (AvgIpc) is 3.20. The van der Waals surface area contributed by atoms with Gasteiger partial charge in [-0.2, -0.15) is 4.98 Å². The van der Waals surface area contributed by atoms with Crippen LogP contribution < -0.4 is 21.3 Å². The number of rotatable bonds is 8. The van der Waals surface area contributed by atoms with Crippen LogP contribution in [-0.4, -0.2) is 62.0 Å². The Morgan fingerprint density at radius 3 is 2.38 bits per heavy atom. The fourth-order valence-corrected chi connectivity index (χ4v) is 4.85. The van der Waals surface area contributed by atoms with Crippen molar-refractivity contribution in [1.82, 2.24) is 28.8 Å². The summed E-state index contributed by atoms with van der Waals surface area (Å²) in [6.45, 7) is 11.2. The number of benzene rings is 1. The summed E-state index contributed by atoms with van der Waals surface area (Å²) in [6.07, 6.45) is 1.41. The SMILES string of the molecule is C=CCn1c(=O)c2cnc(Nc3ccc(N4CCN(C)CC4)cc3)nc2n1-c1cc(C(F)F)c(=O)n(C(C)C)c1. The van der Waals surface area contributed by atoms with Gasteiger partial charge in [0.05, 0.1) is 17.8 Å². The number of hydrogen-bond donors (Lipinski definition) is 1. The number of nitrogens with zero attached hydrogens (tertiary/aromatic N) is 7. The van der Waals surface area contributed by atoms with Gasteiger partial charge < -0.3 is 19.7 Å². The number of anilines is 3. The van der Waals surface area contributed by atoms with Crippen molar-refractivity contribution in [2.75, 3.05) is 43.4 Å². The number of likely N-dealkylation sites (N-methyl/N-ethyl adjacent to an activating group) is 1. The fourth-order valence-electron chi connectivity index (χ4n) is 4.85. The molecule has 12 heteroatoms. The number of pyridine rings is 1. The van der Waals surface area contributed by atoms with E-state index in [9.17, 15) is 18.4 Å². The van der Waals surface area contributed by atoms with Gasteiger partial charge in [-0.15, -0.1) is 6.58 Å². The van der Waals surface area contributed by atoms with Crippen molar-refractivity contribution in [3.05, 3.63) is 81.7 Å². The zero-order chi connectivity index (χ0) is 28.6. The lowest BCUT2D eigenvalue weighted by molar-refractivity contribution is 0.148. The van der Waals surface area contributed by atoms with E-state index in [4.69, 9.17) is 0 Å². The van der Waals surface area contributed by atoms with Gasteiger partial charge in [0.1, 0.15) is 5.39 Å². The van der Waals surface area contributed by atoms with Crippen LogP contribution in [0.15, 0.2) is 65.0 Å². The van der Waals surface area contributed by atoms with Crippen molar-refractivity contribution in [3.63, 3.8) is 0 Å². The minimum absolute atomic E-state index is 0.0938. The molecule has 1 N–H and O–H groups in total. The van der Waals surface area contributed by atoms with Crippen molar-refractivity contribution in [3.8, 4) is 5.69 Å². The van der Waals surface area contributed by atoms with E-state index in [2.05, 4.69) is 38.7 Å². The predicted octanol–water partition coefficient (Wildman–Crippen LogP) is 3.94. The standard InChI is InChI=1S/C28H32F2N8O2/c1-5-10-37-27(40)23-16-31-28(32-19-6-8-20(9-7-19)35-13-11-34(4)12-14-35)33-25(23)38(37)21-15-22(24(29)30)26(39)36(17-21)18(2)3/h5-9,15-18,24H,1,10-14H2,2-4H3,(H,31,32,33). The van der Waals surface area contributed by atoms with Crippen LogP contribution in [0.2, 0.25) is 0 Å². The smallest absolute Gasteiger partial charge is 0.278 e. The molecule has 0 amide bonds. The van der Waals surface area contributed by atoms with Gasteiger partial charge in [0, 0.05) is 56.0 Å². The third-order valence-corrected chi connectivity index (χ3v) is 7.06. The lowest BCUT2D eigenvalue weighted by Crippen LogP contribution is -2.44. The van der Waals surface area contributed by atoms with E-state index in [0.29, 0.717) is 0 Å². The maximum absolute atomic E-state index is 13.9. The Morgan fingerprint density at radius 1 is 1.05 bits per heavy atom. The molecule has 1 fully saturated rings. The molecule has 210 valence electrons. The first-order valence-electron chi connectivity index (χ1n) is 13.1. The molecule has 4 heterocycles. The molecule has 3 aromatic heterocycles. The molecule has 0 unspecified atom stereocenters. The summed E-state index contributed by atoms with van der Waals surface area (Å²) in [7, 11) is 2.12. The van der Waals surface area contributed by atoms with E-state index in [1.807, 2.05) is 24.3 Å². The number of fused-ring (bicyclic) bond motifs is 1. The Bertz CT molecular complexity index is 1620. The molecule has 0 radical (unpaired) electrons. The van der Waals surface area contributed by atoms with Crippen molar-refractivity contribution >= 4 is 28.4 Å². The normalized spacial score (nSPS) is 14.4. The molecule has 4 aromatic rings. The first kappa shape index (κ1) is 27.3. The minimum Gasteiger partial charge on any atom is -0.369 e. The molecule has 0 aliphatic carbocycles. The van der Waals surface area contributed by atoms with Crippen LogP contribution in [0.3, 0.4) is 0 Å². The molecule has 1 aliphatic heterocycles. The number of allylic oxidation sites excluding steroid dienone is 1. The average molecular weight is 551 g/mol. The third-order valence-electron chi connectivity index (χ3n) is 7.06. The Balaban J connectivity index is 1.56. The number of hydrogen-bond acceptors (Lipinski definition) is 7. The van der Waals surface area contributed by atoms with E-state index in [1.165, 1.54) is 32.4 Å². The number of nitrogens with one attached hydrogen (secondary N) is 1. The predicted molar refractivity (Wildman–Crippen MR) is 152 cm³/mol. The van der Waals surface area contributed by atoms with E-state index < -0.39 is 23.1 Å². The summed E-state index contributed by atoms with van der Waals surface area (Å²) < 4.78 is 31.7. The highest BCUT2D eigenvalue weighted by Gasteiger charge is 2.22. The van der Waals surface area contributed by atoms with E-state index in [-0.39, 0.29) is 35.3 Å². The van der Waals surface area contributed by atoms with Crippen LogP contribution in [0.1, 0.15) is 31.9 Å². The third kappa shape index (κ3) is 5.14. The zero-order valence-electron chi connectivity index (χ0n) is 22.7. The molecule has 1 aliphatic rings. The first-order valence-corrected chi connectivity index (χ1v) is 13.1. The summed E-state index contributed by atoms with van der Waals surface area (Å²) in [6, 6.07) is 8.66. The van der Waals surface area contributed by atoms with Gasteiger partial charge in [-0.1, -0.05) is 6.08 Å². The van der Waals surface area contributed by atoms with Crippen molar-refractivity contribution in [2.24, 2.45) is 0 Å². The van der Waals surface area contributed by atoms with Crippen LogP contribution in [0.5, 0.6) is 0 Å². The monoisotopic (exact) mass is 550 g/mol. The lowest BCUT2D eigenvalue weighted by Gasteiger charge is -2.34. The van der Waals surface area contributed by atoms with Crippen LogP contribution in [0.4, 0.5) is 26.1 Å². The van der Waals surface area contributed by atoms with Gasteiger partial charge in [-0.25, -0.2) is 23.1 Å². The first-order chi connectivity index (χ1) is 19.2. The van der Waals surface area contributed by atoms with E-state index in [0.717, 1.165) is 43.6 Å². The van der Waals surface area contributed by atoms with Crippen LogP contribution >= 0.6 is 0 Å². The molecule has 1 aromatic carbocycles. The molecular weight excluding hydrogens is 518 g/mol. The highest BCUT2D eigenvalue weighted by atomic mass is 19.3. The second-order valence-corrected chi connectivity index (χ2v) is 10.1. The lowest BCUT2D eigenvalue weighted by atomic mass is 10.2. The van der Waals surface area contributed by atoms with Crippen molar-refractivity contribution in [1.29, 1.82) is 0 Å². The molecule has 1 saturated heterocycles. The second kappa shape index (κ2) is 11.0. The summed E-state index contributed by atoms with van der Waals surface area (Å²) in [5.74, 6) is 0.232. The highest BCUT2D eigenvalue weighted by Crippen LogP contribution is 2.24. The Hall–Kier alpha value is -4.32. The summed E-state index contributed by atoms with van der Waals surface area (Å²) in [5.41, 5.74) is 0.467. The van der Waals surface area contributed by atoms with E-state index in [1.54, 1.807) is 13.8 Å². The second-order valence-electron chi connectivity index (χ2n) is 10.1. The Labute approximate surface area is 229 Å². The largest absolute Gasteiger partial charge is 0.369 e. The van der Waals surface area contributed by atoms with Gasteiger partial charge in [-0.3, -0.25) is 9.59 Å². The maximum Gasteiger partial charge on any atom is 0.278 e. The fraction of sp³-hybridized carbons (Fsp3) is 0.357. The van der Waals surface area contributed by atoms with Gasteiger partial charge in [0.25, 0.3) is 17.5 Å². The van der Waals surface area contributed by atoms with Gasteiger partial charge in [-0.05, 0) is 51.2 Å². The van der Waals surface area contributed by atoms with E-state index >= 15 is 0 Å². The van der Waals surface area contributed by atoms with Crippen LogP contribution in [0.25, 0.3) is 16.7 Å². The molecule has 40 heavy (non-hydrogen) atoms. The van der Waals surface area contributed by atoms with Crippen LogP contribution in [-0.2, 0) is 6.54 Å². The number of piperazine rings is 1. The van der Waals surface area contributed by atoms with Crippen molar-refractivity contribution < 1.29 is 8.78 Å². The Kier molecular flexibility index (Phi) is 7.53. The maximum atomic E-state index is 13.9. The topological polar surface area (TPSA) is 93.2 Å². The summed E-state index contributed by atoms with van der Waals surface area (Å²) in [4.78, 5) is 39.5. The molecule has 0 spiro atoms. The highest BCUT2D eigenvalue weighted by molar-refractivity contribution is 5.77. The summed E-state index contributed by atoms with van der Waals surface area (Å²) >= 11 is 0. The number of alkyl halides is 2. The van der Waals surface area contributed by atoms with Gasteiger partial charge >= 0.3 is 0 Å². The number of halogens is 2.